The molecule has 9 heteroatoms. The maximum Gasteiger partial charge on any atom is 0.230 e. The number of aromatic nitrogens is 3. The zero-order chi connectivity index (χ0) is 19.0. The lowest BCUT2D eigenvalue weighted by molar-refractivity contribution is 0.125. The van der Waals surface area contributed by atoms with Crippen LogP contribution in [-0.2, 0) is 0 Å². The lowest BCUT2D eigenvalue weighted by Gasteiger charge is -2.38. The van der Waals surface area contributed by atoms with Gasteiger partial charge in [-0.2, -0.15) is 9.61 Å². The molecule has 0 saturated carbocycles. The molecular weight excluding hydrogens is 366 g/mol. The Bertz CT molecular complexity index is 932. The number of fused-ring (bicyclic) bond motifs is 1. The van der Waals surface area contributed by atoms with E-state index in [1.165, 1.54) is 22.2 Å². The van der Waals surface area contributed by atoms with Crippen molar-refractivity contribution in [3.63, 3.8) is 0 Å². The van der Waals surface area contributed by atoms with Crippen molar-refractivity contribution < 1.29 is 14.6 Å². The van der Waals surface area contributed by atoms with Crippen molar-refractivity contribution in [2.24, 2.45) is 0 Å². The quantitative estimate of drug-likeness (QED) is 0.714. The summed E-state index contributed by atoms with van der Waals surface area (Å²) in [4.78, 5) is 10.4. The zero-order valence-electron chi connectivity index (χ0n) is 15.6. The van der Waals surface area contributed by atoms with Crippen LogP contribution < -0.4 is 9.47 Å². The molecule has 1 aliphatic rings. The van der Waals surface area contributed by atoms with Crippen molar-refractivity contribution in [3.8, 4) is 17.4 Å². The molecule has 0 radical (unpaired) electrons. The lowest BCUT2D eigenvalue weighted by Crippen LogP contribution is -2.46. The van der Waals surface area contributed by atoms with E-state index in [0.717, 1.165) is 36.6 Å². The van der Waals surface area contributed by atoms with Crippen LogP contribution in [0.4, 0.5) is 0 Å². The van der Waals surface area contributed by atoms with E-state index in [9.17, 15) is 5.11 Å². The molecule has 1 aliphatic heterocycles. The van der Waals surface area contributed by atoms with Gasteiger partial charge in [-0.25, -0.2) is 4.98 Å². The first-order valence-corrected chi connectivity index (χ1v) is 9.60. The van der Waals surface area contributed by atoms with E-state index in [2.05, 4.69) is 26.9 Å². The minimum absolute atomic E-state index is 0.126. The second-order valence-corrected chi connectivity index (χ2v) is 7.58. The Morgan fingerprint density at radius 2 is 1.93 bits per heavy atom. The summed E-state index contributed by atoms with van der Waals surface area (Å²) in [6.45, 7) is 3.69. The van der Waals surface area contributed by atoms with Crippen molar-refractivity contribution in [2.75, 3.05) is 47.4 Å². The minimum atomic E-state index is -0.169. The number of hydrogen-bond donors (Lipinski definition) is 1. The van der Waals surface area contributed by atoms with E-state index in [1.807, 2.05) is 18.2 Å². The van der Waals surface area contributed by atoms with Gasteiger partial charge in [0.1, 0.15) is 6.33 Å². The predicted molar refractivity (Wildman–Crippen MR) is 103 cm³/mol. The van der Waals surface area contributed by atoms with Gasteiger partial charge in [0.2, 0.25) is 10.8 Å². The summed E-state index contributed by atoms with van der Waals surface area (Å²) in [5, 5.41) is 15.0. The summed E-state index contributed by atoms with van der Waals surface area (Å²) in [5.74, 6) is 1.48. The molecule has 0 unspecified atom stereocenters. The van der Waals surface area contributed by atoms with Crippen molar-refractivity contribution in [3.05, 3.63) is 35.0 Å². The number of piperazine rings is 1. The SMILES string of the molecule is COc1cccc([C@@H](c2sc3ncnn3c2O)N2CCN(C)CC2)c1OC. The number of thiazole rings is 1. The van der Waals surface area contributed by atoms with Crippen LogP contribution in [0.25, 0.3) is 4.96 Å². The summed E-state index contributed by atoms with van der Waals surface area (Å²) in [7, 11) is 5.40. The van der Waals surface area contributed by atoms with E-state index in [0.29, 0.717) is 16.5 Å². The van der Waals surface area contributed by atoms with Crippen LogP contribution in [0.1, 0.15) is 16.5 Å². The Morgan fingerprint density at radius 1 is 1.15 bits per heavy atom. The molecule has 8 nitrogen and oxygen atoms in total. The van der Waals surface area contributed by atoms with Crippen LogP contribution in [0.2, 0.25) is 0 Å². The second kappa shape index (κ2) is 7.34. The molecule has 144 valence electrons. The van der Waals surface area contributed by atoms with Crippen molar-refractivity contribution >= 4 is 16.3 Å². The molecule has 3 heterocycles. The van der Waals surface area contributed by atoms with Gasteiger partial charge in [0, 0.05) is 31.7 Å². The van der Waals surface area contributed by atoms with Gasteiger partial charge >= 0.3 is 0 Å². The van der Waals surface area contributed by atoms with Gasteiger partial charge in [0.15, 0.2) is 11.5 Å². The van der Waals surface area contributed by atoms with Crippen molar-refractivity contribution in [2.45, 2.75) is 6.04 Å². The fourth-order valence-corrected chi connectivity index (χ4v) is 4.67. The standard InChI is InChI=1S/C18H23N5O3S/c1-21-7-9-22(10-8-21)14(12-5-4-6-13(25-2)15(12)26-3)16-17(24)23-18(27-16)19-11-20-23/h4-6,11,14,24H,7-10H2,1-3H3/t14-/m0/s1. The van der Waals surface area contributed by atoms with E-state index in [-0.39, 0.29) is 11.9 Å². The van der Waals surface area contributed by atoms with Crippen LogP contribution in [0.3, 0.4) is 0 Å². The third-order valence-electron chi connectivity index (χ3n) is 5.02. The topological polar surface area (TPSA) is 75.4 Å². The van der Waals surface area contributed by atoms with Crippen LogP contribution in [0.15, 0.2) is 24.5 Å². The summed E-state index contributed by atoms with van der Waals surface area (Å²) in [5.41, 5.74) is 0.959. The van der Waals surface area contributed by atoms with E-state index < -0.39 is 0 Å². The van der Waals surface area contributed by atoms with Gasteiger partial charge < -0.3 is 19.5 Å². The van der Waals surface area contributed by atoms with E-state index in [4.69, 9.17) is 9.47 Å². The Hall–Kier alpha value is -2.36. The van der Waals surface area contributed by atoms with Gasteiger partial charge in [-0.05, 0) is 13.1 Å². The highest BCUT2D eigenvalue weighted by atomic mass is 32.1. The zero-order valence-corrected chi connectivity index (χ0v) is 16.4. The molecule has 0 aliphatic carbocycles. The molecule has 0 spiro atoms. The van der Waals surface area contributed by atoms with Crippen molar-refractivity contribution in [1.29, 1.82) is 0 Å². The highest BCUT2D eigenvalue weighted by Gasteiger charge is 2.33. The second-order valence-electron chi connectivity index (χ2n) is 6.57. The fraction of sp³-hybridized carbons (Fsp3) is 0.444. The molecule has 1 aromatic carbocycles. The van der Waals surface area contributed by atoms with Gasteiger partial charge in [0.05, 0.1) is 25.1 Å². The smallest absolute Gasteiger partial charge is 0.230 e. The number of likely N-dealkylation sites (N-methyl/N-ethyl adjacent to an activating group) is 1. The molecule has 1 saturated heterocycles. The molecule has 3 aromatic rings. The summed E-state index contributed by atoms with van der Waals surface area (Å²) in [6.07, 6.45) is 1.45. The maximum absolute atomic E-state index is 10.8. The largest absolute Gasteiger partial charge is 0.493 e. The van der Waals surface area contributed by atoms with Gasteiger partial charge in [0.25, 0.3) is 0 Å². The molecule has 27 heavy (non-hydrogen) atoms. The summed E-state index contributed by atoms with van der Waals surface area (Å²) in [6, 6.07) is 5.69. The molecule has 0 amide bonds. The molecule has 0 bridgehead atoms. The van der Waals surface area contributed by atoms with Gasteiger partial charge in [-0.3, -0.25) is 4.90 Å². The van der Waals surface area contributed by atoms with E-state index in [1.54, 1.807) is 14.2 Å². The number of nitrogens with zero attached hydrogens (tertiary/aromatic N) is 5. The molecule has 1 N–H and O–H groups in total. The highest BCUT2D eigenvalue weighted by molar-refractivity contribution is 7.17. The normalized spacial score (nSPS) is 17.3. The molecule has 2 aromatic heterocycles. The molecular formula is C18H23N5O3S. The van der Waals surface area contributed by atoms with Crippen molar-refractivity contribution in [1.82, 2.24) is 24.4 Å². The molecule has 1 fully saturated rings. The summed E-state index contributed by atoms with van der Waals surface area (Å²) < 4.78 is 12.7. The molecule has 1 atom stereocenters. The lowest BCUT2D eigenvalue weighted by atomic mass is 10.0. The summed E-state index contributed by atoms with van der Waals surface area (Å²) >= 11 is 1.45. The first-order chi connectivity index (χ1) is 13.1. The van der Waals surface area contributed by atoms with Crippen LogP contribution in [0.5, 0.6) is 17.4 Å². The fourth-order valence-electron chi connectivity index (χ4n) is 3.58. The third kappa shape index (κ3) is 3.11. The highest BCUT2D eigenvalue weighted by Crippen LogP contribution is 2.45. The third-order valence-corrected chi connectivity index (χ3v) is 6.10. The maximum atomic E-state index is 10.8. The monoisotopic (exact) mass is 389 g/mol. The Morgan fingerprint density at radius 3 is 2.59 bits per heavy atom. The molecule has 4 rings (SSSR count). The Labute approximate surface area is 161 Å². The number of hydrogen-bond acceptors (Lipinski definition) is 8. The van der Waals surface area contributed by atoms with Crippen LogP contribution in [0, 0.1) is 0 Å². The van der Waals surface area contributed by atoms with Crippen LogP contribution >= 0.6 is 11.3 Å². The average Bonchev–Trinajstić information content (AvgIpc) is 3.27. The average molecular weight is 389 g/mol. The number of methoxy groups -OCH3 is 2. The first-order valence-electron chi connectivity index (χ1n) is 8.79. The van der Waals surface area contributed by atoms with E-state index >= 15 is 0 Å². The number of para-hydroxylation sites is 1. The number of aromatic hydroxyl groups is 1. The van der Waals surface area contributed by atoms with Gasteiger partial charge in [-0.1, -0.05) is 23.5 Å². The number of rotatable bonds is 5. The Balaban J connectivity index is 1.86. The first kappa shape index (κ1) is 18.0. The number of ether oxygens (including phenoxy) is 2. The minimum Gasteiger partial charge on any atom is -0.493 e. The predicted octanol–water partition coefficient (Wildman–Crippen LogP) is 1.85. The van der Waals surface area contributed by atoms with Gasteiger partial charge in [-0.15, -0.1) is 0 Å². The number of benzene rings is 1. The Kier molecular flexibility index (Phi) is 4.90. The van der Waals surface area contributed by atoms with Crippen LogP contribution in [-0.4, -0.2) is 77.0 Å².